The molecule has 3 heterocycles. The van der Waals surface area contributed by atoms with Crippen LogP contribution in [-0.2, 0) is 47.3 Å². The molecule has 1 aliphatic heterocycles. The Kier molecular flexibility index (Phi) is 15.3. The van der Waals surface area contributed by atoms with E-state index < -0.39 is 41.9 Å². The fraction of sp³-hybridized carbons (Fsp3) is 0.696. The van der Waals surface area contributed by atoms with Gasteiger partial charge in [0.2, 0.25) is 0 Å². The molecule has 73 heavy (non-hydrogen) atoms. The number of nitrogens with zero attached hydrogens (tertiary/aromatic N) is 5. The summed E-state index contributed by atoms with van der Waals surface area (Å²) in [7, 11) is -1.72. The number of fused-ring (bicyclic) bond motifs is 1. The van der Waals surface area contributed by atoms with E-state index in [4.69, 9.17) is 38.1 Å². The summed E-state index contributed by atoms with van der Waals surface area (Å²) in [4.78, 5) is 48.3. The molecule has 8 rings (SSSR count). The summed E-state index contributed by atoms with van der Waals surface area (Å²) in [6.45, 7) is 31.5. The Morgan fingerprint density at radius 1 is 0.781 bits per heavy atom. The van der Waals surface area contributed by atoms with Gasteiger partial charge in [0.25, 0.3) is 0 Å². The molecule has 0 spiro atoms. The number of hydrogen-bond acceptors (Lipinski definition) is 13. The predicted octanol–water partition coefficient (Wildman–Crippen LogP) is 12.1. The number of anilines is 1. The van der Waals surface area contributed by atoms with Gasteiger partial charge in [0.15, 0.2) is 5.69 Å². The number of esters is 1. The summed E-state index contributed by atoms with van der Waals surface area (Å²) in [5.41, 5.74) is 1.07. The quantitative estimate of drug-likeness (QED) is 0.0766. The van der Waals surface area contributed by atoms with Crippen molar-refractivity contribution >= 4 is 31.4 Å². The maximum absolute atomic E-state index is 14.2. The van der Waals surface area contributed by atoms with Gasteiger partial charge in [-0.2, -0.15) is 5.10 Å². The molecular formula is C56H84N5O11P. The molecule has 4 saturated carbocycles. The molecule has 1 amide bonds. The van der Waals surface area contributed by atoms with E-state index in [0.717, 1.165) is 55.3 Å². The molecule has 17 heteroatoms. The smallest absolute Gasteiger partial charge is 0.410 e. The monoisotopic (exact) mass is 1030 g/mol. The second-order valence-corrected chi connectivity index (χ2v) is 28.5. The highest BCUT2D eigenvalue weighted by Gasteiger charge is 2.66. The lowest BCUT2D eigenvalue weighted by Gasteiger charge is -2.69. The fourth-order valence-corrected chi connectivity index (χ4v) is 15.5. The zero-order chi connectivity index (χ0) is 54.0. The van der Waals surface area contributed by atoms with Crippen LogP contribution in [0.4, 0.5) is 10.6 Å². The van der Waals surface area contributed by atoms with Gasteiger partial charge in [0.1, 0.15) is 22.8 Å². The van der Waals surface area contributed by atoms with E-state index in [0.29, 0.717) is 61.8 Å². The topological polar surface area (TPSA) is 181 Å². The van der Waals surface area contributed by atoms with E-state index in [9.17, 15) is 24.1 Å². The highest BCUT2D eigenvalue weighted by Crippen LogP contribution is 2.72. The summed E-state index contributed by atoms with van der Waals surface area (Å²) in [6.07, 6.45) is 8.60. The van der Waals surface area contributed by atoms with Crippen molar-refractivity contribution in [2.75, 3.05) is 44.4 Å². The minimum atomic E-state index is -3.47. The fourth-order valence-electron chi connectivity index (χ4n) is 13.1. The largest absolute Gasteiger partial charge is 0.493 e. The summed E-state index contributed by atoms with van der Waals surface area (Å²) < 4.78 is 52.7. The molecule has 0 radical (unpaired) electrons. The number of hydrogen-bond donors (Lipinski definition) is 1. The van der Waals surface area contributed by atoms with Crippen molar-refractivity contribution in [3.63, 3.8) is 0 Å². The summed E-state index contributed by atoms with van der Waals surface area (Å²) >= 11 is 0. The van der Waals surface area contributed by atoms with Gasteiger partial charge in [-0.15, -0.1) is 0 Å². The van der Waals surface area contributed by atoms with Crippen molar-refractivity contribution in [1.82, 2.24) is 19.7 Å². The van der Waals surface area contributed by atoms with E-state index in [-0.39, 0.29) is 58.5 Å². The Morgan fingerprint density at radius 3 is 2.00 bits per heavy atom. The molecule has 1 aromatic carbocycles. The Bertz CT molecular complexity index is 2580. The number of aromatic nitrogens is 3. The molecule has 4 fully saturated rings. The first-order valence-electron chi connectivity index (χ1n) is 26.1. The molecule has 4 bridgehead atoms. The van der Waals surface area contributed by atoms with Gasteiger partial charge in [0.05, 0.1) is 47.9 Å². The minimum absolute atomic E-state index is 0.0735. The number of carbonyl (C=O) groups is 3. The third-order valence-electron chi connectivity index (χ3n) is 14.1. The molecule has 4 aliphatic carbocycles. The lowest BCUT2D eigenvalue weighted by Crippen LogP contribution is -2.64. The van der Waals surface area contributed by atoms with E-state index in [1.807, 2.05) is 113 Å². The van der Waals surface area contributed by atoms with Crippen LogP contribution in [0.15, 0.2) is 30.5 Å². The Morgan fingerprint density at radius 2 is 1.41 bits per heavy atom. The van der Waals surface area contributed by atoms with Crippen molar-refractivity contribution in [3.8, 4) is 16.9 Å². The number of ether oxygens (including phenoxy) is 4. The van der Waals surface area contributed by atoms with Crippen LogP contribution >= 0.6 is 7.60 Å². The van der Waals surface area contributed by atoms with Crippen LogP contribution in [0.2, 0.25) is 0 Å². The number of rotatable bonds is 17. The van der Waals surface area contributed by atoms with Gasteiger partial charge in [-0.3, -0.25) is 9.25 Å². The van der Waals surface area contributed by atoms with Crippen LogP contribution in [0.3, 0.4) is 0 Å². The van der Waals surface area contributed by atoms with Crippen LogP contribution in [0.25, 0.3) is 11.1 Å². The van der Waals surface area contributed by atoms with Gasteiger partial charge >= 0.3 is 25.6 Å². The van der Waals surface area contributed by atoms with Crippen LogP contribution in [0.5, 0.6) is 5.75 Å². The van der Waals surface area contributed by atoms with Crippen LogP contribution < -0.4 is 9.64 Å². The van der Waals surface area contributed by atoms with Crippen molar-refractivity contribution in [2.24, 2.45) is 16.2 Å². The molecule has 0 saturated heterocycles. The van der Waals surface area contributed by atoms with Gasteiger partial charge in [-0.1, -0.05) is 13.8 Å². The lowest BCUT2D eigenvalue weighted by atomic mass is 9.39. The maximum Gasteiger partial charge on any atom is 0.410 e. The third-order valence-corrected chi connectivity index (χ3v) is 16.6. The molecule has 16 nitrogen and oxygen atoms in total. The number of carboxylic acids is 1. The molecule has 1 N–H and O–H groups in total. The van der Waals surface area contributed by atoms with Gasteiger partial charge < -0.3 is 42.9 Å². The predicted molar refractivity (Wildman–Crippen MR) is 282 cm³/mol. The number of carboxylic acid groups (broad SMARTS) is 1. The zero-order valence-electron chi connectivity index (χ0n) is 46.7. The third kappa shape index (κ3) is 13.7. The number of likely N-dealkylation sites (N-methyl/N-ethyl adjacent to an activating group) is 1. The number of benzene rings is 1. The molecule has 3 aromatic rings. The first-order valence-corrected chi connectivity index (χ1v) is 27.8. The summed E-state index contributed by atoms with van der Waals surface area (Å²) in [5, 5.41) is 15.4. The average Bonchev–Trinajstić information content (AvgIpc) is 3.55. The van der Waals surface area contributed by atoms with Crippen molar-refractivity contribution < 1.29 is 52.1 Å². The van der Waals surface area contributed by atoms with Gasteiger partial charge in [-0.25, -0.2) is 19.4 Å². The van der Waals surface area contributed by atoms with E-state index in [1.54, 1.807) is 24.1 Å². The Labute approximate surface area is 434 Å². The number of carbonyl (C=O) groups excluding carboxylic acids is 2. The maximum atomic E-state index is 14.2. The van der Waals surface area contributed by atoms with Crippen molar-refractivity contribution in [2.45, 2.75) is 196 Å². The van der Waals surface area contributed by atoms with Crippen molar-refractivity contribution in [3.05, 3.63) is 58.5 Å². The number of pyridine rings is 1. The first kappa shape index (κ1) is 56.2. The normalized spacial score (nSPS) is 24.1. The first-order chi connectivity index (χ1) is 33.5. The highest BCUT2D eigenvalue weighted by atomic mass is 31.2. The molecule has 2 atom stereocenters. The molecule has 404 valence electrons. The van der Waals surface area contributed by atoms with Crippen LogP contribution in [0.1, 0.15) is 180 Å². The Balaban J connectivity index is 1.12. The molecular weight excluding hydrogens is 950 g/mol. The molecule has 5 aliphatic rings. The average molecular weight is 1030 g/mol. The van der Waals surface area contributed by atoms with E-state index in [1.165, 1.54) is 0 Å². The van der Waals surface area contributed by atoms with Gasteiger partial charge in [-0.05, 0) is 187 Å². The minimum Gasteiger partial charge on any atom is -0.493 e. The second-order valence-electron chi connectivity index (χ2n) is 26.5. The number of aromatic carboxylic acids is 1. The second kappa shape index (κ2) is 19.9. The standard InChI is InChI=1S/C56H84N5O11P/c1-37-41(28-57-61(37)36-55-31-53(14)30-54(15,32-55)34-56(33-53,35-55)68-26-24-59(16)48(65)70-50(5,6)7)39-19-21-44(58-45(39)47(64)69-49(2,3)4)60-23-22-38-42(29-60)40(46(62)63)18-20-43(38)67-25-17-27-73(66,71-51(8,9)10)72-52(11,12)13/h18-21,28H,17,22-27,29-36H2,1-16H3,(H,62,63). The SMILES string of the molecule is Cc1c(-c2ccc(N3CCc4c(OCCCP(=O)(OC(C)(C)C)OC(C)(C)C)ccc(C(=O)O)c4C3)nc2C(=O)OC(C)(C)C)cnn1CC12CC3(C)CC(C)(C1)CC(OCCN(C)C(=O)OC(C)(C)C)(C3)C2. The van der Waals surface area contributed by atoms with Crippen molar-refractivity contribution in [1.29, 1.82) is 0 Å². The highest BCUT2D eigenvalue weighted by molar-refractivity contribution is 7.53. The molecule has 2 aromatic heterocycles. The van der Waals surface area contributed by atoms with Crippen LogP contribution in [0, 0.1) is 23.2 Å². The number of amides is 1. The van der Waals surface area contributed by atoms with E-state index >= 15 is 0 Å². The molecule has 2 unspecified atom stereocenters. The van der Waals surface area contributed by atoms with Crippen LogP contribution in [-0.4, -0.2) is 110 Å². The van der Waals surface area contributed by atoms with E-state index in [2.05, 4.69) is 18.5 Å². The summed E-state index contributed by atoms with van der Waals surface area (Å²) in [6, 6.07) is 7.03. The summed E-state index contributed by atoms with van der Waals surface area (Å²) in [5.74, 6) is -0.554. The zero-order valence-corrected chi connectivity index (χ0v) is 47.6. The lowest BCUT2D eigenvalue weighted by molar-refractivity contribution is -0.248. The Hall–Kier alpha value is -4.50. The van der Waals surface area contributed by atoms with Gasteiger partial charge in [0, 0.05) is 55.6 Å².